The van der Waals surface area contributed by atoms with E-state index >= 15 is 0 Å². The summed E-state index contributed by atoms with van der Waals surface area (Å²) in [7, 11) is 1.44. The number of hydrogen-bond donors (Lipinski definition) is 2. The van der Waals surface area contributed by atoms with E-state index in [0.29, 0.717) is 5.89 Å². The molecular weight excluding hydrogens is 352 g/mol. The van der Waals surface area contributed by atoms with Crippen LogP contribution in [0.2, 0.25) is 0 Å². The topological polar surface area (TPSA) is 97.1 Å². The molecule has 0 radical (unpaired) electrons. The highest BCUT2D eigenvalue weighted by atomic mass is 32.2. The fraction of sp³-hybridized carbons (Fsp3) is 0.111. The summed E-state index contributed by atoms with van der Waals surface area (Å²) in [5, 5.41) is 12.2. The van der Waals surface area contributed by atoms with Crippen LogP contribution < -0.4 is 10.6 Å². The maximum Gasteiger partial charge on any atom is 0.321 e. The Morgan fingerprint density at radius 2 is 1.65 bits per heavy atom. The summed E-state index contributed by atoms with van der Waals surface area (Å²) in [5.41, 5.74) is 1.51. The molecule has 3 aromatic rings. The molecule has 1 atom stereocenters. The van der Waals surface area contributed by atoms with Crippen LogP contribution in [0.3, 0.4) is 0 Å². The van der Waals surface area contributed by atoms with Crippen molar-refractivity contribution >= 4 is 23.7 Å². The molecule has 0 unspecified atom stereocenters. The van der Waals surface area contributed by atoms with Gasteiger partial charge in [-0.3, -0.25) is 10.1 Å². The summed E-state index contributed by atoms with van der Waals surface area (Å²) in [5.74, 6) is -0.105. The lowest BCUT2D eigenvalue weighted by molar-refractivity contribution is -0.119. The van der Waals surface area contributed by atoms with E-state index in [2.05, 4.69) is 20.8 Å². The summed E-state index contributed by atoms with van der Waals surface area (Å²) < 4.78 is 5.66. The molecule has 0 spiro atoms. The molecule has 0 aliphatic rings. The molecule has 0 bridgehead atoms. The lowest BCUT2D eigenvalue weighted by atomic mass is 10.1. The molecule has 2 aromatic carbocycles. The smallest absolute Gasteiger partial charge is 0.321 e. The number of amides is 3. The fourth-order valence-corrected chi connectivity index (χ4v) is 3.07. The van der Waals surface area contributed by atoms with Crippen molar-refractivity contribution in [2.45, 2.75) is 10.5 Å². The number of rotatable bonds is 5. The number of urea groups is 1. The minimum atomic E-state index is -0.711. The number of imide groups is 1. The molecule has 132 valence electrons. The summed E-state index contributed by atoms with van der Waals surface area (Å²) in [4.78, 5) is 24.0. The number of nitrogens with one attached hydrogen (secondary N) is 2. The van der Waals surface area contributed by atoms with Crippen molar-refractivity contribution in [2.24, 2.45) is 0 Å². The fourth-order valence-electron chi connectivity index (χ4n) is 2.20. The number of hydrogen-bond acceptors (Lipinski definition) is 6. The zero-order chi connectivity index (χ0) is 18.4. The quantitative estimate of drug-likeness (QED) is 0.672. The van der Waals surface area contributed by atoms with Gasteiger partial charge >= 0.3 is 6.03 Å². The third-order valence-electron chi connectivity index (χ3n) is 3.45. The van der Waals surface area contributed by atoms with E-state index in [1.165, 1.54) is 7.05 Å². The maximum absolute atomic E-state index is 12.5. The van der Waals surface area contributed by atoms with Gasteiger partial charge in [0.15, 0.2) is 0 Å². The average molecular weight is 368 g/mol. The summed E-state index contributed by atoms with van der Waals surface area (Å²) in [6.45, 7) is 0. The Hall–Kier alpha value is -3.13. The SMILES string of the molecule is CNC(=O)NC(=O)[C@@H](Sc1nnc(-c2ccccc2)o1)c1ccccc1. The van der Waals surface area contributed by atoms with Crippen LogP contribution in [0.4, 0.5) is 4.79 Å². The van der Waals surface area contributed by atoms with Gasteiger partial charge in [-0.2, -0.15) is 0 Å². The molecule has 26 heavy (non-hydrogen) atoms. The molecule has 0 saturated carbocycles. The van der Waals surface area contributed by atoms with Crippen molar-refractivity contribution in [3.8, 4) is 11.5 Å². The molecule has 8 heteroatoms. The van der Waals surface area contributed by atoms with Gasteiger partial charge in [-0.25, -0.2) is 4.79 Å². The first-order chi connectivity index (χ1) is 12.7. The van der Waals surface area contributed by atoms with E-state index in [0.717, 1.165) is 22.9 Å². The molecule has 0 saturated heterocycles. The Kier molecular flexibility index (Phi) is 5.65. The Morgan fingerprint density at radius 1 is 1.00 bits per heavy atom. The van der Waals surface area contributed by atoms with Crippen LogP contribution in [0.25, 0.3) is 11.5 Å². The zero-order valence-electron chi connectivity index (χ0n) is 13.9. The number of carbonyl (C=O) groups is 2. The highest BCUT2D eigenvalue weighted by Crippen LogP contribution is 2.35. The van der Waals surface area contributed by atoms with Crippen LogP contribution in [0.15, 0.2) is 70.3 Å². The van der Waals surface area contributed by atoms with Crippen LogP contribution in [-0.4, -0.2) is 29.2 Å². The third kappa shape index (κ3) is 4.28. The van der Waals surface area contributed by atoms with Crippen molar-refractivity contribution in [2.75, 3.05) is 7.05 Å². The predicted molar refractivity (Wildman–Crippen MR) is 97.4 cm³/mol. The van der Waals surface area contributed by atoms with Crippen LogP contribution in [-0.2, 0) is 4.79 Å². The lowest BCUT2D eigenvalue weighted by Crippen LogP contribution is -2.39. The van der Waals surface area contributed by atoms with Gasteiger partial charge in [0, 0.05) is 12.6 Å². The molecule has 0 fully saturated rings. The second-order valence-electron chi connectivity index (χ2n) is 5.22. The lowest BCUT2D eigenvalue weighted by Gasteiger charge is -2.14. The molecule has 0 aliphatic heterocycles. The number of carbonyl (C=O) groups excluding carboxylic acids is 2. The highest BCUT2D eigenvalue weighted by Gasteiger charge is 2.26. The van der Waals surface area contributed by atoms with Crippen LogP contribution in [0.5, 0.6) is 0 Å². The number of aromatic nitrogens is 2. The first-order valence-electron chi connectivity index (χ1n) is 7.80. The Bertz CT molecular complexity index is 884. The van der Waals surface area contributed by atoms with E-state index in [9.17, 15) is 9.59 Å². The molecule has 3 amide bonds. The number of thioether (sulfide) groups is 1. The van der Waals surface area contributed by atoms with Crippen LogP contribution >= 0.6 is 11.8 Å². The van der Waals surface area contributed by atoms with Gasteiger partial charge in [0.1, 0.15) is 5.25 Å². The van der Waals surface area contributed by atoms with E-state index in [1.54, 1.807) is 12.1 Å². The monoisotopic (exact) mass is 368 g/mol. The Labute approximate surface area is 154 Å². The largest absolute Gasteiger partial charge is 0.411 e. The first-order valence-corrected chi connectivity index (χ1v) is 8.68. The Balaban J connectivity index is 1.83. The third-order valence-corrected chi connectivity index (χ3v) is 4.54. The van der Waals surface area contributed by atoms with Crippen molar-refractivity contribution in [3.63, 3.8) is 0 Å². The molecule has 1 heterocycles. The van der Waals surface area contributed by atoms with Gasteiger partial charge in [-0.1, -0.05) is 48.5 Å². The van der Waals surface area contributed by atoms with Crippen LogP contribution in [0.1, 0.15) is 10.8 Å². The second-order valence-corrected chi connectivity index (χ2v) is 6.27. The molecule has 2 N–H and O–H groups in total. The van der Waals surface area contributed by atoms with Gasteiger partial charge in [-0.05, 0) is 29.5 Å². The number of nitrogens with zero attached hydrogens (tertiary/aromatic N) is 2. The predicted octanol–water partition coefficient (Wildman–Crippen LogP) is 3.03. The molecule has 0 aliphatic carbocycles. The van der Waals surface area contributed by atoms with Gasteiger partial charge in [0.05, 0.1) is 0 Å². The van der Waals surface area contributed by atoms with E-state index in [4.69, 9.17) is 4.42 Å². The normalized spacial score (nSPS) is 11.6. The first kappa shape index (κ1) is 17.7. The average Bonchev–Trinajstić information content (AvgIpc) is 3.16. The summed E-state index contributed by atoms with van der Waals surface area (Å²) in [6, 6.07) is 17.9. The van der Waals surface area contributed by atoms with Gasteiger partial charge in [0.2, 0.25) is 11.8 Å². The zero-order valence-corrected chi connectivity index (χ0v) is 14.7. The van der Waals surface area contributed by atoms with E-state index in [-0.39, 0.29) is 5.22 Å². The van der Waals surface area contributed by atoms with Crippen molar-refractivity contribution in [1.29, 1.82) is 0 Å². The van der Waals surface area contributed by atoms with E-state index < -0.39 is 17.2 Å². The molecule has 3 rings (SSSR count). The summed E-state index contributed by atoms with van der Waals surface area (Å²) in [6.07, 6.45) is 0. The van der Waals surface area contributed by atoms with Gasteiger partial charge in [-0.15, -0.1) is 10.2 Å². The standard InChI is InChI=1S/C18H16N4O3S/c1-19-17(24)20-15(23)14(12-8-4-2-5-9-12)26-18-22-21-16(25-18)13-10-6-3-7-11-13/h2-11,14H,1H3,(H2,19,20,23,24)/t14-/m0/s1. The van der Waals surface area contributed by atoms with Crippen LogP contribution in [0, 0.1) is 0 Å². The summed E-state index contributed by atoms with van der Waals surface area (Å²) >= 11 is 1.09. The van der Waals surface area contributed by atoms with Gasteiger partial charge < -0.3 is 9.73 Å². The minimum absolute atomic E-state index is 0.241. The number of benzene rings is 2. The van der Waals surface area contributed by atoms with Gasteiger partial charge in [0.25, 0.3) is 5.22 Å². The highest BCUT2D eigenvalue weighted by molar-refractivity contribution is 8.00. The van der Waals surface area contributed by atoms with Crippen molar-refractivity contribution < 1.29 is 14.0 Å². The molecule has 1 aromatic heterocycles. The Morgan fingerprint density at radius 3 is 2.31 bits per heavy atom. The molecular formula is C18H16N4O3S. The minimum Gasteiger partial charge on any atom is -0.411 e. The van der Waals surface area contributed by atoms with Crippen molar-refractivity contribution in [1.82, 2.24) is 20.8 Å². The van der Waals surface area contributed by atoms with E-state index in [1.807, 2.05) is 48.5 Å². The maximum atomic E-state index is 12.5. The van der Waals surface area contributed by atoms with Crippen molar-refractivity contribution in [3.05, 3.63) is 66.2 Å². The second kappa shape index (κ2) is 8.30. The molecule has 7 nitrogen and oxygen atoms in total.